The van der Waals surface area contributed by atoms with E-state index in [-0.39, 0.29) is 5.92 Å². The summed E-state index contributed by atoms with van der Waals surface area (Å²) in [6.07, 6.45) is 2.84. The molecule has 1 aliphatic heterocycles. The largest absolute Gasteiger partial charge is 0.481 e. The lowest BCUT2D eigenvalue weighted by Gasteiger charge is -2.23. The second-order valence-electron chi connectivity index (χ2n) is 6.97. The van der Waals surface area contributed by atoms with E-state index in [2.05, 4.69) is 4.90 Å². The number of hydrogen-bond donors (Lipinski definition) is 1. The van der Waals surface area contributed by atoms with Crippen molar-refractivity contribution in [3.63, 3.8) is 0 Å². The van der Waals surface area contributed by atoms with E-state index in [1.807, 2.05) is 11.4 Å². The second kappa shape index (κ2) is 6.54. The van der Waals surface area contributed by atoms with E-state index >= 15 is 0 Å². The number of carboxylic acid groups (broad SMARTS) is 1. The molecule has 25 heavy (non-hydrogen) atoms. The predicted molar refractivity (Wildman–Crippen MR) is 100 cm³/mol. The van der Waals surface area contributed by atoms with Crippen LogP contribution >= 0.6 is 34.5 Å². The maximum absolute atomic E-state index is 11.8. The number of hydrogen-bond acceptors (Lipinski definition) is 4. The number of carboxylic acids is 1. The molecule has 0 spiro atoms. The van der Waals surface area contributed by atoms with Crippen LogP contribution in [0, 0.1) is 11.3 Å². The molecule has 2 heterocycles. The van der Waals surface area contributed by atoms with Crippen LogP contribution in [0.1, 0.15) is 24.3 Å². The molecule has 0 unspecified atom stereocenters. The van der Waals surface area contributed by atoms with Gasteiger partial charge in [0.2, 0.25) is 0 Å². The number of likely N-dealkylation sites (tertiary alicyclic amines) is 1. The number of halogens is 2. The van der Waals surface area contributed by atoms with Gasteiger partial charge in [0.1, 0.15) is 5.01 Å². The van der Waals surface area contributed by atoms with E-state index in [9.17, 15) is 9.90 Å². The van der Waals surface area contributed by atoms with E-state index < -0.39 is 11.4 Å². The third kappa shape index (κ3) is 3.08. The molecule has 7 heteroatoms. The van der Waals surface area contributed by atoms with E-state index in [0.717, 1.165) is 42.1 Å². The summed E-state index contributed by atoms with van der Waals surface area (Å²) in [5.41, 5.74) is 1.10. The first kappa shape index (κ1) is 17.3. The van der Waals surface area contributed by atoms with Gasteiger partial charge in [0.05, 0.1) is 22.7 Å². The average Bonchev–Trinajstić information content (AvgIpc) is 3.24. The van der Waals surface area contributed by atoms with Gasteiger partial charge in [-0.3, -0.25) is 9.69 Å². The van der Waals surface area contributed by atoms with Crippen LogP contribution in [0.2, 0.25) is 10.0 Å². The number of aromatic nitrogens is 1. The summed E-state index contributed by atoms with van der Waals surface area (Å²) in [4.78, 5) is 18.7. The molecule has 1 aromatic carbocycles. The minimum atomic E-state index is -0.636. The van der Waals surface area contributed by atoms with Crippen LogP contribution in [0.15, 0.2) is 23.6 Å². The van der Waals surface area contributed by atoms with Crippen molar-refractivity contribution >= 4 is 40.5 Å². The third-order valence-electron chi connectivity index (χ3n) is 5.48. The smallest absolute Gasteiger partial charge is 0.311 e. The molecule has 2 aromatic rings. The van der Waals surface area contributed by atoms with Gasteiger partial charge in [-0.1, -0.05) is 29.6 Å². The Morgan fingerprint density at radius 2 is 2.28 bits per heavy atom. The molecule has 2 atom stereocenters. The van der Waals surface area contributed by atoms with E-state index in [1.54, 1.807) is 23.5 Å². The minimum absolute atomic E-state index is 0.270. The summed E-state index contributed by atoms with van der Waals surface area (Å²) in [7, 11) is 0. The van der Waals surface area contributed by atoms with Gasteiger partial charge in [-0.2, -0.15) is 0 Å². The van der Waals surface area contributed by atoms with Crippen molar-refractivity contribution in [1.29, 1.82) is 0 Å². The normalized spacial score (nSPS) is 26.1. The Kier molecular flexibility index (Phi) is 4.52. The van der Waals surface area contributed by atoms with E-state index in [1.165, 1.54) is 0 Å². The molecule has 0 radical (unpaired) electrons. The van der Waals surface area contributed by atoms with Crippen LogP contribution < -0.4 is 0 Å². The number of benzene rings is 1. The fourth-order valence-corrected chi connectivity index (χ4v) is 5.48. The lowest BCUT2D eigenvalue weighted by Crippen LogP contribution is -2.35. The van der Waals surface area contributed by atoms with Crippen molar-refractivity contribution in [2.75, 3.05) is 13.1 Å². The van der Waals surface area contributed by atoms with Crippen molar-refractivity contribution in [2.24, 2.45) is 11.3 Å². The highest BCUT2D eigenvalue weighted by Gasteiger charge is 2.54. The van der Waals surface area contributed by atoms with E-state index in [0.29, 0.717) is 23.1 Å². The van der Waals surface area contributed by atoms with Crippen LogP contribution in [-0.2, 0) is 11.3 Å². The summed E-state index contributed by atoms with van der Waals surface area (Å²) in [5, 5.41) is 13.9. The molecule has 1 aromatic heterocycles. The topological polar surface area (TPSA) is 53.4 Å². The van der Waals surface area contributed by atoms with Crippen molar-refractivity contribution in [3.05, 3.63) is 38.6 Å². The molecule has 4 rings (SSSR count). The molecule has 1 saturated carbocycles. The predicted octanol–water partition coefficient (Wildman–Crippen LogP) is 4.80. The van der Waals surface area contributed by atoms with Gasteiger partial charge in [0.15, 0.2) is 0 Å². The Morgan fingerprint density at radius 1 is 1.44 bits per heavy atom. The first-order chi connectivity index (χ1) is 12.0. The molecule has 4 nitrogen and oxygen atoms in total. The highest BCUT2D eigenvalue weighted by Crippen LogP contribution is 2.49. The van der Waals surface area contributed by atoms with Crippen LogP contribution in [0.5, 0.6) is 0 Å². The lowest BCUT2D eigenvalue weighted by atomic mass is 9.81. The zero-order chi connectivity index (χ0) is 17.6. The van der Waals surface area contributed by atoms with Crippen LogP contribution in [-0.4, -0.2) is 34.0 Å². The monoisotopic (exact) mass is 396 g/mol. The minimum Gasteiger partial charge on any atom is -0.481 e. The summed E-state index contributed by atoms with van der Waals surface area (Å²) >= 11 is 13.9. The standard InChI is InChI=1S/C18H18Cl2N2O2S/c19-12-3-4-14(20)13(6-12)15-9-25-16(21-15)8-22-7-11-2-1-5-18(11,10-22)17(23)24/h3-4,6,9,11H,1-2,5,7-8,10H2,(H,23,24)/t11-,18+/m0/s1. The maximum atomic E-state index is 11.8. The van der Waals surface area contributed by atoms with Crippen molar-refractivity contribution in [2.45, 2.75) is 25.8 Å². The number of rotatable bonds is 4. The molecule has 1 saturated heterocycles. The van der Waals surface area contributed by atoms with Crippen LogP contribution in [0.4, 0.5) is 0 Å². The van der Waals surface area contributed by atoms with Gasteiger partial charge in [-0.05, 0) is 37.0 Å². The van der Waals surface area contributed by atoms with Gasteiger partial charge in [0.25, 0.3) is 0 Å². The SMILES string of the molecule is O=C(O)[C@@]12CCC[C@H]1CN(Cc1nc(-c3cc(Cl)ccc3Cl)cs1)C2. The van der Waals surface area contributed by atoms with Crippen molar-refractivity contribution < 1.29 is 9.90 Å². The quantitative estimate of drug-likeness (QED) is 0.805. The van der Waals surface area contributed by atoms with Gasteiger partial charge in [-0.25, -0.2) is 4.98 Å². The fourth-order valence-electron chi connectivity index (χ4n) is 4.26. The molecule has 1 N–H and O–H groups in total. The summed E-state index contributed by atoms with van der Waals surface area (Å²) < 4.78 is 0. The van der Waals surface area contributed by atoms with Crippen LogP contribution in [0.3, 0.4) is 0 Å². The first-order valence-electron chi connectivity index (χ1n) is 8.33. The molecular weight excluding hydrogens is 379 g/mol. The molecule has 2 aliphatic rings. The van der Waals surface area contributed by atoms with Gasteiger partial charge in [-0.15, -0.1) is 11.3 Å². The van der Waals surface area contributed by atoms with E-state index in [4.69, 9.17) is 28.2 Å². The second-order valence-corrected chi connectivity index (χ2v) is 8.76. The van der Waals surface area contributed by atoms with Crippen LogP contribution in [0.25, 0.3) is 11.3 Å². The fraction of sp³-hybridized carbons (Fsp3) is 0.444. The zero-order valence-electron chi connectivity index (χ0n) is 13.5. The number of carbonyl (C=O) groups is 1. The maximum Gasteiger partial charge on any atom is 0.311 e. The third-order valence-corrected chi connectivity index (χ3v) is 6.88. The average molecular weight is 397 g/mol. The van der Waals surface area contributed by atoms with Gasteiger partial charge < -0.3 is 5.11 Å². The Bertz CT molecular complexity index is 825. The lowest BCUT2D eigenvalue weighted by molar-refractivity contribution is -0.149. The molecule has 0 bridgehead atoms. The van der Waals surface area contributed by atoms with Crippen molar-refractivity contribution in [1.82, 2.24) is 9.88 Å². The van der Waals surface area contributed by atoms with Gasteiger partial charge >= 0.3 is 5.97 Å². The number of fused-ring (bicyclic) bond motifs is 1. The Morgan fingerprint density at radius 3 is 3.04 bits per heavy atom. The van der Waals surface area contributed by atoms with Gasteiger partial charge in [0, 0.05) is 29.1 Å². The molecule has 2 fully saturated rings. The number of thiazole rings is 1. The molecular formula is C18H18Cl2N2O2S. The first-order valence-corrected chi connectivity index (χ1v) is 9.97. The molecule has 1 aliphatic carbocycles. The number of nitrogens with zero attached hydrogens (tertiary/aromatic N) is 2. The van der Waals surface area contributed by atoms with Crippen molar-refractivity contribution in [3.8, 4) is 11.3 Å². The molecule has 0 amide bonds. The summed E-state index contributed by atoms with van der Waals surface area (Å²) in [6.45, 7) is 2.16. The highest BCUT2D eigenvalue weighted by molar-refractivity contribution is 7.09. The highest BCUT2D eigenvalue weighted by atomic mass is 35.5. The number of aliphatic carboxylic acids is 1. The Hall–Kier alpha value is -1.14. The molecule has 132 valence electrons. The summed E-state index contributed by atoms with van der Waals surface area (Å²) in [5.74, 6) is -0.366. The zero-order valence-corrected chi connectivity index (χ0v) is 15.9. The summed E-state index contributed by atoms with van der Waals surface area (Å²) in [6, 6.07) is 5.36. The Balaban J connectivity index is 1.51. The Labute approximate surface area is 160 Å².